The molecule has 2 heterocycles. The molecule has 190 valence electrons. The molecular formula is C28H37BrN2O3S. The molecule has 0 bridgehead atoms. The van der Waals surface area contributed by atoms with Crippen molar-refractivity contribution < 1.29 is 14.3 Å². The van der Waals surface area contributed by atoms with E-state index in [9.17, 15) is 4.79 Å². The lowest BCUT2D eigenvalue weighted by Gasteiger charge is -2.27. The highest BCUT2D eigenvalue weighted by atomic mass is 79.9. The minimum atomic E-state index is -0.263. The number of fused-ring (bicyclic) bond motifs is 3. The fraction of sp³-hybridized carbons (Fsp3) is 0.464. The highest BCUT2D eigenvalue weighted by Gasteiger charge is 2.31. The van der Waals surface area contributed by atoms with Gasteiger partial charge in [0, 0.05) is 39.9 Å². The van der Waals surface area contributed by atoms with Crippen molar-refractivity contribution in [2.75, 3.05) is 20.4 Å². The molecule has 1 aromatic heterocycles. The smallest absolute Gasteiger partial charge is 0.340 e. The van der Waals surface area contributed by atoms with E-state index in [0.717, 1.165) is 38.8 Å². The van der Waals surface area contributed by atoms with Crippen LogP contribution in [0.1, 0.15) is 75.1 Å². The molecule has 0 N–H and O–H groups in total. The van der Waals surface area contributed by atoms with Crippen LogP contribution in [0, 0.1) is 0 Å². The van der Waals surface area contributed by atoms with Crippen molar-refractivity contribution in [3.05, 3.63) is 57.7 Å². The van der Waals surface area contributed by atoms with Crippen LogP contribution in [0.3, 0.4) is 0 Å². The minimum absolute atomic E-state index is 0.235. The second-order valence-electron chi connectivity index (χ2n) is 8.83. The molecule has 0 saturated heterocycles. The van der Waals surface area contributed by atoms with Gasteiger partial charge < -0.3 is 14.0 Å². The number of carbonyl (C=O) groups is 1. The molecule has 0 saturated carbocycles. The summed E-state index contributed by atoms with van der Waals surface area (Å²) < 4.78 is 14.9. The summed E-state index contributed by atoms with van der Waals surface area (Å²) in [6.07, 6.45) is 2.21. The number of carbonyl (C=O) groups excluding carboxylic acids is 1. The standard InChI is InChI=1S/C25H29BrN2O3S.C3H8/c1-5-16(3)28-20-12-19(26)24-18(13-27(4)15-31-24)22(20)23(25(29)30-6-2)21(28)14-32-17-10-8-7-9-11-17;1-3-2/h7-12,16H,5-6,13-15H2,1-4H3;3H2,1-2H3. The number of rotatable bonds is 7. The third kappa shape index (κ3) is 6.07. The number of hydrogen-bond donors (Lipinski definition) is 0. The molecule has 3 aromatic rings. The molecule has 7 heteroatoms. The molecule has 0 fully saturated rings. The Morgan fingerprint density at radius 1 is 1.20 bits per heavy atom. The Morgan fingerprint density at radius 3 is 2.51 bits per heavy atom. The summed E-state index contributed by atoms with van der Waals surface area (Å²) in [5.74, 6) is 1.24. The first-order valence-electron chi connectivity index (χ1n) is 12.4. The first-order chi connectivity index (χ1) is 16.9. The number of ether oxygens (including phenoxy) is 2. The minimum Gasteiger partial charge on any atom is -0.477 e. The molecule has 1 aliphatic rings. The van der Waals surface area contributed by atoms with Crippen LogP contribution in [0.15, 0.2) is 45.8 Å². The summed E-state index contributed by atoms with van der Waals surface area (Å²) in [6.45, 7) is 12.1. The van der Waals surface area contributed by atoms with E-state index in [0.29, 0.717) is 31.2 Å². The second kappa shape index (κ2) is 12.8. The van der Waals surface area contributed by atoms with Crippen LogP contribution in [-0.2, 0) is 17.0 Å². The Labute approximate surface area is 222 Å². The quantitative estimate of drug-likeness (QED) is 0.216. The Kier molecular flexibility index (Phi) is 10.1. The number of nitrogens with zero attached hydrogens (tertiary/aromatic N) is 2. The van der Waals surface area contributed by atoms with Gasteiger partial charge in [-0.3, -0.25) is 4.90 Å². The van der Waals surface area contributed by atoms with Gasteiger partial charge in [-0.25, -0.2) is 4.79 Å². The maximum atomic E-state index is 13.4. The topological polar surface area (TPSA) is 43.7 Å². The molecule has 4 rings (SSSR count). The average Bonchev–Trinajstić information content (AvgIpc) is 3.17. The van der Waals surface area contributed by atoms with Gasteiger partial charge in [0.05, 0.1) is 22.2 Å². The Hall–Kier alpha value is -1.96. The summed E-state index contributed by atoms with van der Waals surface area (Å²) in [7, 11) is 2.03. The number of aromatic nitrogens is 1. The molecule has 0 spiro atoms. The number of halogens is 1. The fourth-order valence-corrected chi connectivity index (χ4v) is 5.77. The van der Waals surface area contributed by atoms with E-state index in [1.807, 2.05) is 32.2 Å². The highest BCUT2D eigenvalue weighted by molar-refractivity contribution is 9.10. The van der Waals surface area contributed by atoms with Crippen molar-refractivity contribution in [3.63, 3.8) is 0 Å². The zero-order chi connectivity index (χ0) is 25.5. The molecule has 1 aliphatic heterocycles. The van der Waals surface area contributed by atoms with Gasteiger partial charge >= 0.3 is 5.97 Å². The van der Waals surface area contributed by atoms with Crippen LogP contribution >= 0.6 is 27.7 Å². The van der Waals surface area contributed by atoms with Gasteiger partial charge in [0.1, 0.15) is 12.5 Å². The lowest BCUT2D eigenvalue weighted by Crippen LogP contribution is -2.28. The molecular weight excluding hydrogens is 524 g/mol. The van der Waals surface area contributed by atoms with Gasteiger partial charge in [0.25, 0.3) is 0 Å². The Morgan fingerprint density at radius 2 is 1.89 bits per heavy atom. The van der Waals surface area contributed by atoms with Gasteiger partial charge in [-0.2, -0.15) is 0 Å². The van der Waals surface area contributed by atoms with E-state index in [1.165, 1.54) is 11.3 Å². The molecule has 0 radical (unpaired) electrons. The first-order valence-corrected chi connectivity index (χ1v) is 14.2. The average molecular weight is 562 g/mol. The zero-order valence-electron chi connectivity index (χ0n) is 21.7. The maximum Gasteiger partial charge on any atom is 0.340 e. The molecule has 1 atom stereocenters. The normalized spacial score (nSPS) is 14.0. The van der Waals surface area contributed by atoms with Gasteiger partial charge in [0.15, 0.2) is 0 Å². The van der Waals surface area contributed by atoms with Crippen molar-refractivity contribution >= 4 is 44.6 Å². The molecule has 0 amide bonds. The number of benzene rings is 2. The van der Waals surface area contributed by atoms with E-state index in [-0.39, 0.29) is 12.0 Å². The van der Waals surface area contributed by atoms with Crippen LogP contribution < -0.4 is 4.74 Å². The predicted molar refractivity (Wildman–Crippen MR) is 150 cm³/mol. The van der Waals surface area contributed by atoms with Crippen LogP contribution in [-0.4, -0.2) is 35.8 Å². The van der Waals surface area contributed by atoms with Crippen molar-refractivity contribution in [2.24, 2.45) is 0 Å². The summed E-state index contributed by atoms with van der Waals surface area (Å²) in [6, 6.07) is 12.6. The molecule has 1 unspecified atom stereocenters. The Bertz CT molecular complexity index is 1150. The monoisotopic (exact) mass is 560 g/mol. The third-order valence-electron chi connectivity index (χ3n) is 5.89. The highest BCUT2D eigenvalue weighted by Crippen LogP contribution is 2.44. The van der Waals surface area contributed by atoms with Gasteiger partial charge in [-0.15, -0.1) is 11.8 Å². The number of esters is 1. The zero-order valence-corrected chi connectivity index (χ0v) is 24.1. The van der Waals surface area contributed by atoms with Crippen LogP contribution in [0.25, 0.3) is 10.9 Å². The SMILES string of the molecule is CCC.CCOC(=O)c1c(CSc2ccccc2)n(C(C)CC)c2cc(Br)c3c(c12)CN(C)CO3. The summed E-state index contributed by atoms with van der Waals surface area (Å²) in [5.41, 5.74) is 3.78. The largest absolute Gasteiger partial charge is 0.477 e. The predicted octanol–water partition coefficient (Wildman–Crippen LogP) is 8.04. The maximum absolute atomic E-state index is 13.4. The molecule has 2 aromatic carbocycles. The molecule has 0 aliphatic carbocycles. The Balaban J connectivity index is 0.00000108. The summed E-state index contributed by atoms with van der Waals surface area (Å²) in [5, 5.41) is 0.956. The molecule has 35 heavy (non-hydrogen) atoms. The van der Waals surface area contributed by atoms with E-state index < -0.39 is 0 Å². The van der Waals surface area contributed by atoms with E-state index in [4.69, 9.17) is 9.47 Å². The van der Waals surface area contributed by atoms with Crippen molar-refractivity contribution in [3.8, 4) is 5.75 Å². The summed E-state index contributed by atoms with van der Waals surface area (Å²) >= 11 is 5.47. The van der Waals surface area contributed by atoms with E-state index in [2.05, 4.69) is 71.3 Å². The van der Waals surface area contributed by atoms with Crippen LogP contribution in [0.5, 0.6) is 5.75 Å². The third-order valence-corrected chi connectivity index (χ3v) is 7.50. The lowest BCUT2D eigenvalue weighted by atomic mass is 10.0. The number of thioether (sulfide) groups is 1. The van der Waals surface area contributed by atoms with Crippen LogP contribution in [0.4, 0.5) is 0 Å². The first kappa shape index (κ1) is 27.6. The summed E-state index contributed by atoms with van der Waals surface area (Å²) in [4.78, 5) is 16.6. The molecule has 5 nitrogen and oxygen atoms in total. The van der Waals surface area contributed by atoms with Crippen molar-refractivity contribution in [2.45, 2.75) is 70.7 Å². The lowest BCUT2D eigenvalue weighted by molar-refractivity contribution is 0.0527. The van der Waals surface area contributed by atoms with Gasteiger partial charge in [-0.1, -0.05) is 45.4 Å². The van der Waals surface area contributed by atoms with E-state index in [1.54, 1.807) is 11.8 Å². The van der Waals surface area contributed by atoms with Crippen LogP contribution in [0.2, 0.25) is 0 Å². The van der Waals surface area contributed by atoms with E-state index >= 15 is 0 Å². The van der Waals surface area contributed by atoms with Gasteiger partial charge in [0.2, 0.25) is 0 Å². The van der Waals surface area contributed by atoms with Gasteiger partial charge in [-0.05, 0) is 61.4 Å². The second-order valence-corrected chi connectivity index (χ2v) is 10.7. The van der Waals surface area contributed by atoms with Crippen molar-refractivity contribution in [1.82, 2.24) is 9.47 Å². The fourth-order valence-electron chi connectivity index (χ4n) is 4.27. The number of hydrogen-bond acceptors (Lipinski definition) is 5. The van der Waals surface area contributed by atoms with Crippen molar-refractivity contribution in [1.29, 1.82) is 0 Å².